The van der Waals surface area contributed by atoms with E-state index in [0.29, 0.717) is 34.3 Å². The van der Waals surface area contributed by atoms with E-state index in [4.69, 9.17) is 13.9 Å². The Kier molecular flexibility index (Phi) is 7.50. The maximum Gasteiger partial charge on any atom is 0.229 e. The predicted octanol–water partition coefficient (Wildman–Crippen LogP) is 3.47. The molecule has 0 aliphatic carbocycles. The van der Waals surface area contributed by atoms with Crippen LogP contribution < -0.4 is 9.47 Å². The third-order valence-electron chi connectivity index (χ3n) is 3.51. The first kappa shape index (κ1) is 19.0. The highest BCUT2D eigenvalue weighted by Gasteiger charge is 2.20. The molecule has 132 valence electrons. The maximum absolute atomic E-state index is 12.6. The standard InChI is InChI=1S/C19H22O5Si/c1-3-24-25-13-7-12-23-19-16(22-2)11-10-15(18(19)21)17(20)14-8-5-4-6-9-14/h4-6,8-11,21H,3,7,12-13H2,1-2H3. The molecular weight excluding hydrogens is 336 g/mol. The lowest BCUT2D eigenvalue weighted by molar-refractivity contribution is 0.103. The molecule has 5 nitrogen and oxygen atoms in total. The number of benzene rings is 2. The lowest BCUT2D eigenvalue weighted by Crippen LogP contribution is -2.06. The number of phenols is 1. The van der Waals surface area contributed by atoms with E-state index >= 15 is 0 Å². The minimum atomic E-state index is -0.261. The Morgan fingerprint density at radius 3 is 2.60 bits per heavy atom. The number of ketones is 1. The summed E-state index contributed by atoms with van der Waals surface area (Å²) in [6, 6.07) is 12.9. The quantitative estimate of drug-likeness (QED) is 0.400. The molecule has 0 unspecified atom stereocenters. The summed E-state index contributed by atoms with van der Waals surface area (Å²) < 4.78 is 16.2. The van der Waals surface area contributed by atoms with E-state index in [2.05, 4.69) is 0 Å². The Bertz CT molecular complexity index is 688. The van der Waals surface area contributed by atoms with Gasteiger partial charge in [0.15, 0.2) is 17.3 Å². The minimum Gasteiger partial charge on any atom is -0.504 e. The number of carbonyl (C=O) groups excluding carboxylic acids is 1. The number of methoxy groups -OCH3 is 1. The van der Waals surface area contributed by atoms with Crippen molar-refractivity contribution in [2.45, 2.75) is 19.4 Å². The summed E-state index contributed by atoms with van der Waals surface area (Å²) in [5.41, 5.74) is 0.699. The second kappa shape index (κ2) is 9.86. The van der Waals surface area contributed by atoms with Crippen molar-refractivity contribution in [2.75, 3.05) is 20.3 Å². The maximum atomic E-state index is 12.6. The average Bonchev–Trinajstić information content (AvgIpc) is 2.65. The Hall–Kier alpha value is -2.31. The summed E-state index contributed by atoms with van der Waals surface area (Å²) in [6.07, 6.45) is 0.790. The largest absolute Gasteiger partial charge is 0.504 e. The van der Waals surface area contributed by atoms with Crippen LogP contribution in [0.1, 0.15) is 29.3 Å². The van der Waals surface area contributed by atoms with E-state index in [1.54, 1.807) is 36.4 Å². The fourth-order valence-electron chi connectivity index (χ4n) is 2.27. The monoisotopic (exact) mass is 358 g/mol. The zero-order chi connectivity index (χ0) is 18.1. The smallest absolute Gasteiger partial charge is 0.229 e. The van der Waals surface area contributed by atoms with E-state index in [9.17, 15) is 9.90 Å². The highest BCUT2D eigenvalue weighted by Crippen LogP contribution is 2.40. The third kappa shape index (κ3) is 5.08. The molecule has 0 saturated heterocycles. The van der Waals surface area contributed by atoms with Gasteiger partial charge in [0.25, 0.3) is 0 Å². The summed E-state index contributed by atoms with van der Waals surface area (Å²) in [5, 5.41) is 10.5. The molecule has 2 aromatic carbocycles. The van der Waals surface area contributed by atoms with Crippen molar-refractivity contribution in [2.24, 2.45) is 0 Å². The van der Waals surface area contributed by atoms with Crippen LogP contribution in [-0.2, 0) is 4.43 Å². The first-order chi connectivity index (χ1) is 12.2. The summed E-state index contributed by atoms with van der Waals surface area (Å²) in [6.45, 7) is 3.08. The molecule has 0 heterocycles. The van der Waals surface area contributed by atoms with Crippen molar-refractivity contribution in [1.29, 1.82) is 0 Å². The van der Waals surface area contributed by atoms with Crippen LogP contribution in [0.25, 0.3) is 0 Å². The zero-order valence-corrected chi connectivity index (χ0v) is 15.5. The molecule has 25 heavy (non-hydrogen) atoms. The molecule has 0 saturated carbocycles. The molecule has 0 atom stereocenters. The van der Waals surface area contributed by atoms with Crippen LogP contribution in [0.15, 0.2) is 42.5 Å². The van der Waals surface area contributed by atoms with Crippen LogP contribution in [0.5, 0.6) is 17.2 Å². The second-order valence-corrected chi connectivity index (χ2v) is 6.29. The number of rotatable bonds is 10. The Morgan fingerprint density at radius 1 is 1.16 bits per heavy atom. The van der Waals surface area contributed by atoms with Gasteiger partial charge in [-0.1, -0.05) is 30.3 Å². The van der Waals surface area contributed by atoms with Crippen LogP contribution in [-0.4, -0.2) is 41.0 Å². The summed E-state index contributed by atoms with van der Waals surface area (Å²) in [5.74, 6) is 0.141. The molecule has 2 radical (unpaired) electrons. The second-order valence-electron chi connectivity index (χ2n) is 5.22. The summed E-state index contributed by atoms with van der Waals surface area (Å²) >= 11 is 0. The van der Waals surface area contributed by atoms with Crippen molar-refractivity contribution in [1.82, 2.24) is 0 Å². The SMILES string of the molecule is CCO[Si]CCCOc1c(OC)ccc(C(=O)c2ccccc2)c1O. The van der Waals surface area contributed by atoms with Crippen LogP contribution in [0.4, 0.5) is 0 Å². The van der Waals surface area contributed by atoms with Gasteiger partial charge in [0.1, 0.15) is 0 Å². The topological polar surface area (TPSA) is 65.0 Å². The molecule has 0 fully saturated rings. The Balaban J connectivity index is 2.14. The van der Waals surface area contributed by atoms with Gasteiger partial charge in [-0.3, -0.25) is 4.79 Å². The van der Waals surface area contributed by atoms with Crippen molar-refractivity contribution >= 4 is 15.5 Å². The number of phenolic OH excluding ortho intramolecular Hbond substituents is 1. The number of carbonyl (C=O) groups is 1. The Labute approximate surface area is 150 Å². The van der Waals surface area contributed by atoms with E-state index in [0.717, 1.165) is 12.5 Å². The lowest BCUT2D eigenvalue weighted by Gasteiger charge is -2.14. The molecule has 0 spiro atoms. The van der Waals surface area contributed by atoms with Gasteiger partial charge in [-0.15, -0.1) is 0 Å². The molecule has 0 aliphatic heterocycles. The van der Waals surface area contributed by atoms with Crippen molar-refractivity contribution in [3.8, 4) is 17.2 Å². The summed E-state index contributed by atoms with van der Waals surface area (Å²) in [4.78, 5) is 12.6. The van der Waals surface area contributed by atoms with Crippen molar-refractivity contribution < 1.29 is 23.8 Å². The zero-order valence-electron chi connectivity index (χ0n) is 14.5. The predicted molar refractivity (Wildman–Crippen MR) is 96.8 cm³/mol. The molecule has 0 amide bonds. The highest BCUT2D eigenvalue weighted by molar-refractivity contribution is 6.26. The van der Waals surface area contributed by atoms with E-state index in [1.807, 2.05) is 13.0 Å². The Morgan fingerprint density at radius 2 is 1.92 bits per heavy atom. The van der Waals surface area contributed by atoms with Gasteiger partial charge in [0.05, 0.1) is 19.3 Å². The molecule has 6 heteroatoms. The first-order valence-electron chi connectivity index (χ1n) is 8.16. The average molecular weight is 358 g/mol. The van der Waals surface area contributed by atoms with Crippen LogP contribution in [0.3, 0.4) is 0 Å². The minimum absolute atomic E-state index is 0.193. The molecule has 2 aromatic rings. The highest BCUT2D eigenvalue weighted by atomic mass is 28.2. The normalized spacial score (nSPS) is 10.5. The number of hydrogen-bond donors (Lipinski definition) is 1. The first-order valence-corrected chi connectivity index (χ1v) is 9.27. The van der Waals surface area contributed by atoms with Crippen molar-refractivity contribution in [3.05, 3.63) is 53.6 Å². The van der Waals surface area contributed by atoms with Gasteiger partial charge in [-0.05, 0) is 31.5 Å². The van der Waals surface area contributed by atoms with E-state index in [-0.39, 0.29) is 22.8 Å². The van der Waals surface area contributed by atoms with Crippen LogP contribution >= 0.6 is 0 Å². The van der Waals surface area contributed by atoms with Crippen LogP contribution in [0.2, 0.25) is 6.04 Å². The fraction of sp³-hybridized carbons (Fsp3) is 0.316. The molecule has 0 aromatic heterocycles. The van der Waals surface area contributed by atoms with Gasteiger partial charge >= 0.3 is 0 Å². The number of hydrogen-bond acceptors (Lipinski definition) is 5. The van der Waals surface area contributed by atoms with Gasteiger partial charge in [0.2, 0.25) is 15.5 Å². The van der Waals surface area contributed by atoms with Gasteiger partial charge in [-0.2, -0.15) is 0 Å². The van der Waals surface area contributed by atoms with Crippen molar-refractivity contribution in [3.63, 3.8) is 0 Å². The van der Waals surface area contributed by atoms with E-state index < -0.39 is 0 Å². The molecule has 1 N–H and O–H groups in total. The van der Waals surface area contributed by atoms with E-state index in [1.165, 1.54) is 7.11 Å². The number of aromatic hydroxyl groups is 1. The van der Waals surface area contributed by atoms with Gasteiger partial charge in [0, 0.05) is 12.2 Å². The molecule has 2 rings (SSSR count). The lowest BCUT2D eigenvalue weighted by atomic mass is 10.0. The van der Waals surface area contributed by atoms with Crippen LogP contribution in [0, 0.1) is 0 Å². The third-order valence-corrected chi connectivity index (χ3v) is 4.56. The van der Waals surface area contributed by atoms with Gasteiger partial charge in [-0.25, -0.2) is 0 Å². The number of ether oxygens (including phenoxy) is 2. The molecular formula is C19H22O5Si. The fourth-order valence-corrected chi connectivity index (χ4v) is 2.91. The summed E-state index contributed by atoms with van der Waals surface area (Å²) in [7, 11) is 1.94. The molecule has 0 aliphatic rings. The molecule has 0 bridgehead atoms. The van der Waals surface area contributed by atoms with Gasteiger partial charge < -0.3 is 19.0 Å².